The van der Waals surface area contributed by atoms with E-state index >= 15 is 0 Å². The Hall–Kier alpha value is -2.36. The zero-order valence-corrected chi connectivity index (χ0v) is 10.2. The van der Waals surface area contributed by atoms with E-state index in [9.17, 15) is 27.2 Å². The van der Waals surface area contributed by atoms with Crippen molar-refractivity contribution in [1.29, 1.82) is 0 Å². The summed E-state index contributed by atoms with van der Waals surface area (Å²) in [5, 5.41) is 19.3. The van der Waals surface area contributed by atoms with Gasteiger partial charge in [-0.1, -0.05) is 0 Å². The van der Waals surface area contributed by atoms with E-state index in [2.05, 4.69) is 0 Å². The molecule has 0 amide bonds. The first-order valence-corrected chi connectivity index (χ1v) is 5.34. The maximum absolute atomic E-state index is 13.2. The number of aliphatic carboxylic acids is 2. The lowest BCUT2D eigenvalue weighted by molar-refractivity contribution is -0.148. The summed E-state index contributed by atoms with van der Waals surface area (Å²) in [6.45, 7) is 0. The smallest absolute Gasteiger partial charge is 0.416 e. The molecule has 5 N–H and O–H groups in total. The predicted octanol–water partition coefficient (Wildman–Crippen LogP) is 1.47. The van der Waals surface area contributed by atoms with Crippen LogP contribution >= 0.6 is 0 Å². The summed E-state index contributed by atoms with van der Waals surface area (Å²) in [6.07, 6.45) is -5.98. The van der Waals surface area contributed by atoms with Crippen molar-refractivity contribution in [3.05, 3.63) is 29.6 Å². The van der Waals surface area contributed by atoms with Gasteiger partial charge in [0.1, 0.15) is 5.82 Å². The molecule has 0 aromatic heterocycles. The molecular weight excluding hydrogens is 300 g/mol. The van der Waals surface area contributed by atoms with Gasteiger partial charge in [0.15, 0.2) is 5.66 Å². The first-order chi connectivity index (χ1) is 9.44. The third kappa shape index (κ3) is 4.31. The lowest BCUT2D eigenvalue weighted by Crippen LogP contribution is -2.56. The fourth-order valence-electron chi connectivity index (χ4n) is 1.49. The number of halogens is 4. The molecule has 1 aromatic carbocycles. The Labute approximate surface area is 115 Å². The Morgan fingerprint density at radius 3 is 2.19 bits per heavy atom. The fraction of sp³-hybridized carbons (Fsp3) is 0.273. The van der Waals surface area contributed by atoms with Crippen LogP contribution in [0.25, 0.3) is 0 Å². The van der Waals surface area contributed by atoms with Crippen molar-refractivity contribution >= 4 is 17.6 Å². The molecule has 116 valence electrons. The van der Waals surface area contributed by atoms with Gasteiger partial charge in [-0.15, -0.1) is 0 Å². The largest absolute Gasteiger partial charge is 0.481 e. The number of nitrogens with one attached hydrogen (secondary N) is 1. The molecule has 0 fully saturated rings. The fourth-order valence-corrected chi connectivity index (χ4v) is 1.49. The van der Waals surface area contributed by atoms with E-state index in [0.29, 0.717) is 12.1 Å². The second-order valence-electron chi connectivity index (χ2n) is 4.20. The van der Waals surface area contributed by atoms with E-state index < -0.39 is 47.3 Å². The first-order valence-electron chi connectivity index (χ1n) is 5.34. The van der Waals surface area contributed by atoms with Crippen LogP contribution in [-0.2, 0) is 15.8 Å². The highest BCUT2D eigenvalue weighted by molar-refractivity contribution is 5.87. The van der Waals surface area contributed by atoms with Gasteiger partial charge in [-0.25, -0.2) is 9.18 Å². The van der Waals surface area contributed by atoms with Crippen molar-refractivity contribution in [2.75, 3.05) is 5.32 Å². The Bertz CT molecular complexity index is 576. The summed E-state index contributed by atoms with van der Waals surface area (Å²) in [6, 6.07) is 1.21. The summed E-state index contributed by atoms with van der Waals surface area (Å²) < 4.78 is 50.7. The normalized spacial score (nSPS) is 14.3. The zero-order valence-electron chi connectivity index (χ0n) is 10.2. The van der Waals surface area contributed by atoms with Gasteiger partial charge in [0.2, 0.25) is 0 Å². The van der Waals surface area contributed by atoms with E-state index in [0.717, 1.165) is 0 Å². The lowest BCUT2D eigenvalue weighted by Gasteiger charge is -2.25. The Kier molecular flexibility index (Phi) is 4.42. The number of carboxylic acids is 2. The molecule has 0 aliphatic heterocycles. The molecule has 10 heteroatoms. The molecule has 0 saturated carbocycles. The number of nitrogens with two attached hydrogens (primary N) is 1. The monoisotopic (exact) mass is 310 g/mol. The number of carbonyl (C=O) groups is 2. The number of hydrogen-bond acceptors (Lipinski definition) is 4. The van der Waals surface area contributed by atoms with E-state index in [1.807, 2.05) is 5.32 Å². The van der Waals surface area contributed by atoms with Crippen LogP contribution in [0.2, 0.25) is 0 Å². The van der Waals surface area contributed by atoms with Gasteiger partial charge in [-0.3, -0.25) is 10.5 Å². The van der Waals surface area contributed by atoms with Crippen molar-refractivity contribution in [3.8, 4) is 0 Å². The molecule has 21 heavy (non-hydrogen) atoms. The van der Waals surface area contributed by atoms with Gasteiger partial charge in [0.25, 0.3) is 0 Å². The molecule has 0 aliphatic rings. The number of anilines is 1. The van der Waals surface area contributed by atoms with Gasteiger partial charge in [0.05, 0.1) is 12.0 Å². The summed E-state index contributed by atoms with van der Waals surface area (Å²) in [5.41, 5.74) is 0.736. The van der Waals surface area contributed by atoms with E-state index in [-0.39, 0.29) is 6.07 Å². The molecule has 0 spiro atoms. The van der Waals surface area contributed by atoms with Crippen molar-refractivity contribution in [2.45, 2.75) is 18.3 Å². The van der Waals surface area contributed by atoms with Crippen LogP contribution in [0.1, 0.15) is 12.0 Å². The topological polar surface area (TPSA) is 113 Å². The highest BCUT2D eigenvalue weighted by atomic mass is 19.4. The van der Waals surface area contributed by atoms with Crippen LogP contribution < -0.4 is 11.1 Å². The maximum Gasteiger partial charge on any atom is 0.416 e. The highest BCUT2D eigenvalue weighted by Crippen LogP contribution is 2.32. The molecule has 0 bridgehead atoms. The van der Waals surface area contributed by atoms with Crippen LogP contribution in [0.15, 0.2) is 18.2 Å². The van der Waals surface area contributed by atoms with Crippen LogP contribution in [-0.4, -0.2) is 27.8 Å². The van der Waals surface area contributed by atoms with Crippen molar-refractivity contribution in [1.82, 2.24) is 0 Å². The van der Waals surface area contributed by atoms with Gasteiger partial charge < -0.3 is 15.5 Å². The van der Waals surface area contributed by atoms with Gasteiger partial charge in [-0.2, -0.15) is 13.2 Å². The number of benzene rings is 1. The Morgan fingerprint density at radius 1 is 1.19 bits per heavy atom. The highest BCUT2D eigenvalue weighted by Gasteiger charge is 2.38. The maximum atomic E-state index is 13.2. The van der Waals surface area contributed by atoms with Crippen LogP contribution in [0.5, 0.6) is 0 Å². The third-order valence-electron chi connectivity index (χ3n) is 2.40. The summed E-state index contributed by atoms with van der Waals surface area (Å²) in [7, 11) is 0. The lowest BCUT2D eigenvalue weighted by atomic mass is 10.1. The minimum Gasteiger partial charge on any atom is -0.481 e. The SMILES string of the molecule is N[C@](CC(=O)O)(Nc1cc(F)cc(C(F)(F)F)c1)C(=O)O. The number of alkyl halides is 3. The molecule has 1 atom stereocenters. The standard InChI is InChI=1S/C11H10F4N2O4/c12-6-1-5(11(13,14)15)2-7(3-6)17-10(16,9(20)21)4-8(18)19/h1-3,17H,4,16H2,(H,18,19)(H,20,21)/t10-/m1/s1. The quantitative estimate of drug-likeness (QED) is 0.484. The number of rotatable bonds is 5. The molecule has 1 aromatic rings. The molecule has 0 aliphatic carbocycles. The third-order valence-corrected chi connectivity index (χ3v) is 2.40. The molecule has 0 radical (unpaired) electrons. The van der Waals surface area contributed by atoms with Crippen LogP contribution in [0, 0.1) is 5.82 Å². The second kappa shape index (κ2) is 5.56. The number of hydrogen-bond donors (Lipinski definition) is 4. The summed E-state index contributed by atoms with van der Waals surface area (Å²) in [4.78, 5) is 21.5. The van der Waals surface area contributed by atoms with E-state index in [1.165, 1.54) is 0 Å². The second-order valence-corrected chi connectivity index (χ2v) is 4.20. The molecular formula is C11H10F4N2O4. The van der Waals surface area contributed by atoms with Gasteiger partial charge in [0, 0.05) is 5.69 Å². The van der Waals surface area contributed by atoms with E-state index in [4.69, 9.17) is 15.9 Å². The van der Waals surface area contributed by atoms with Crippen LogP contribution in [0.4, 0.5) is 23.2 Å². The minimum atomic E-state index is -4.86. The van der Waals surface area contributed by atoms with E-state index in [1.54, 1.807) is 0 Å². The summed E-state index contributed by atoms with van der Waals surface area (Å²) in [5.74, 6) is -4.70. The number of carboxylic acid groups (broad SMARTS) is 2. The first kappa shape index (κ1) is 16.7. The molecule has 0 unspecified atom stereocenters. The zero-order chi connectivity index (χ0) is 16.4. The molecule has 0 saturated heterocycles. The minimum absolute atomic E-state index is 0.210. The Balaban J connectivity index is 3.19. The summed E-state index contributed by atoms with van der Waals surface area (Å²) >= 11 is 0. The van der Waals surface area contributed by atoms with Crippen molar-refractivity contribution in [2.24, 2.45) is 5.73 Å². The van der Waals surface area contributed by atoms with Gasteiger partial charge in [-0.05, 0) is 18.2 Å². The average molecular weight is 310 g/mol. The molecule has 6 nitrogen and oxygen atoms in total. The van der Waals surface area contributed by atoms with Crippen LogP contribution in [0.3, 0.4) is 0 Å². The molecule has 1 rings (SSSR count). The van der Waals surface area contributed by atoms with Crippen molar-refractivity contribution < 1.29 is 37.4 Å². The Morgan fingerprint density at radius 2 is 1.76 bits per heavy atom. The van der Waals surface area contributed by atoms with Crippen molar-refractivity contribution in [3.63, 3.8) is 0 Å². The predicted molar refractivity (Wildman–Crippen MR) is 61.8 cm³/mol. The van der Waals surface area contributed by atoms with Gasteiger partial charge >= 0.3 is 18.1 Å². The molecule has 0 heterocycles. The average Bonchev–Trinajstić information content (AvgIpc) is 2.25.